The summed E-state index contributed by atoms with van der Waals surface area (Å²) in [6.45, 7) is 0. The number of para-hydroxylation sites is 1. The predicted octanol–water partition coefficient (Wildman–Crippen LogP) is 1.61. The third kappa shape index (κ3) is 2.09. The van der Waals surface area contributed by atoms with Gasteiger partial charge in [0.25, 0.3) is 5.56 Å². The quantitative estimate of drug-likeness (QED) is 0.826. The van der Waals surface area contributed by atoms with Gasteiger partial charge in [-0.1, -0.05) is 23.7 Å². The normalized spacial score (nSPS) is 10.2. The van der Waals surface area contributed by atoms with Crippen molar-refractivity contribution in [2.45, 2.75) is 0 Å². The highest BCUT2D eigenvalue weighted by Crippen LogP contribution is 2.17. The van der Waals surface area contributed by atoms with E-state index in [9.17, 15) is 9.59 Å². The molecular formula is C11H9ClN2O3. The first-order valence-electron chi connectivity index (χ1n) is 4.79. The van der Waals surface area contributed by atoms with Gasteiger partial charge in [-0.05, 0) is 12.1 Å². The lowest BCUT2D eigenvalue weighted by Gasteiger charge is -2.03. The Hall–Kier alpha value is -2.01. The van der Waals surface area contributed by atoms with Crippen molar-refractivity contribution in [1.82, 2.24) is 9.78 Å². The molecule has 1 aromatic carbocycles. The number of esters is 1. The molecule has 1 N–H and O–H groups in total. The monoisotopic (exact) mass is 252 g/mol. The fourth-order valence-electron chi connectivity index (χ4n) is 1.42. The van der Waals surface area contributed by atoms with Gasteiger partial charge in [-0.25, -0.2) is 9.48 Å². The maximum Gasteiger partial charge on any atom is 0.356 e. The molecule has 1 heterocycles. The van der Waals surface area contributed by atoms with Gasteiger partial charge in [0.15, 0.2) is 0 Å². The van der Waals surface area contributed by atoms with Crippen molar-refractivity contribution in [2.24, 2.45) is 0 Å². The fraction of sp³-hybridized carbons (Fsp3) is 0.0909. The number of benzene rings is 1. The summed E-state index contributed by atoms with van der Waals surface area (Å²) in [6.07, 6.45) is 0. The number of carbonyl (C=O) groups is 1. The molecule has 88 valence electrons. The minimum atomic E-state index is -0.604. The zero-order valence-electron chi connectivity index (χ0n) is 8.94. The molecule has 0 spiro atoms. The van der Waals surface area contributed by atoms with Gasteiger partial charge < -0.3 is 4.74 Å². The van der Waals surface area contributed by atoms with E-state index in [0.29, 0.717) is 10.7 Å². The van der Waals surface area contributed by atoms with E-state index in [1.54, 1.807) is 24.3 Å². The second-order valence-electron chi connectivity index (χ2n) is 3.29. The second-order valence-corrected chi connectivity index (χ2v) is 3.69. The predicted molar refractivity (Wildman–Crippen MR) is 62.7 cm³/mol. The number of aromatic amines is 1. The summed E-state index contributed by atoms with van der Waals surface area (Å²) >= 11 is 5.96. The molecule has 0 saturated carbocycles. The van der Waals surface area contributed by atoms with Crippen molar-refractivity contribution in [1.29, 1.82) is 0 Å². The van der Waals surface area contributed by atoms with Crippen molar-refractivity contribution >= 4 is 17.6 Å². The van der Waals surface area contributed by atoms with E-state index in [1.165, 1.54) is 11.8 Å². The highest BCUT2D eigenvalue weighted by Gasteiger charge is 2.13. The van der Waals surface area contributed by atoms with Crippen LogP contribution in [0.25, 0.3) is 5.69 Å². The molecule has 5 nitrogen and oxygen atoms in total. The number of ether oxygens (including phenoxy) is 1. The number of hydrogen-bond donors (Lipinski definition) is 1. The molecule has 0 saturated heterocycles. The fourth-order valence-corrected chi connectivity index (χ4v) is 1.64. The van der Waals surface area contributed by atoms with Gasteiger partial charge in [-0.3, -0.25) is 9.89 Å². The number of nitrogens with zero attached hydrogens (tertiary/aromatic N) is 1. The van der Waals surface area contributed by atoms with Crippen LogP contribution >= 0.6 is 11.6 Å². The highest BCUT2D eigenvalue weighted by molar-refractivity contribution is 6.32. The van der Waals surface area contributed by atoms with E-state index in [-0.39, 0.29) is 11.3 Å². The van der Waals surface area contributed by atoms with Crippen LogP contribution in [0, 0.1) is 0 Å². The summed E-state index contributed by atoms with van der Waals surface area (Å²) < 4.78 is 5.70. The molecule has 17 heavy (non-hydrogen) atoms. The van der Waals surface area contributed by atoms with Crippen LogP contribution in [0.1, 0.15) is 10.5 Å². The van der Waals surface area contributed by atoms with E-state index in [2.05, 4.69) is 9.84 Å². The van der Waals surface area contributed by atoms with Gasteiger partial charge in [0.1, 0.15) is 5.69 Å². The lowest BCUT2D eigenvalue weighted by Crippen LogP contribution is -2.13. The SMILES string of the molecule is COC(=O)c1cc(=O)n(-c2ccccc2Cl)[nH]1. The maximum atomic E-state index is 11.7. The summed E-state index contributed by atoms with van der Waals surface area (Å²) in [5.41, 5.74) is 0.185. The van der Waals surface area contributed by atoms with Crippen LogP contribution in [0.2, 0.25) is 5.02 Å². The van der Waals surface area contributed by atoms with Crippen molar-refractivity contribution in [3.8, 4) is 5.69 Å². The Morgan fingerprint density at radius 2 is 2.12 bits per heavy atom. The highest BCUT2D eigenvalue weighted by atomic mass is 35.5. The van der Waals surface area contributed by atoms with E-state index in [0.717, 1.165) is 6.07 Å². The van der Waals surface area contributed by atoms with E-state index >= 15 is 0 Å². The molecule has 2 rings (SSSR count). The molecule has 2 aromatic rings. The average molecular weight is 253 g/mol. The summed E-state index contributed by atoms with van der Waals surface area (Å²) in [7, 11) is 1.24. The Morgan fingerprint density at radius 3 is 2.76 bits per heavy atom. The smallest absolute Gasteiger partial charge is 0.356 e. The summed E-state index contributed by atoms with van der Waals surface area (Å²) in [5.74, 6) is -0.604. The van der Waals surface area contributed by atoms with Crippen LogP contribution in [0.15, 0.2) is 35.1 Å². The molecule has 0 aliphatic rings. The largest absolute Gasteiger partial charge is 0.464 e. The van der Waals surface area contributed by atoms with Crippen LogP contribution in [0.4, 0.5) is 0 Å². The molecule has 0 radical (unpaired) electrons. The Bertz CT molecular complexity index is 615. The molecule has 0 amide bonds. The third-order valence-corrected chi connectivity index (χ3v) is 2.54. The van der Waals surface area contributed by atoms with E-state index < -0.39 is 5.97 Å². The van der Waals surface area contributed by atoms with Crippen molar-refractivity contribution in [3.05, 3.63) is 51.4 Å². The molecule has 6 heteroatoms. The van der Waals surface area contributed by atoms with Crippen LogP contribution in [-0.2, 0) is 4.74 Å². The number of H-pyrrole nitrogens is 1. The Labute approximate surface area is 102 Å². The number of carbonyl (C=O) groups excluding carboxylic acids is 1. The molecule has 0 atom stereocenters. The van der Waals surface area contributed by atoms with Gasteiger partial charge in [0.05, 0.1) is 17.8 Å². The van der Waals surface area contributed by atoms with Crippen molar-refractivity contribution in [3.63, 3.8) is 0 Å². The lowest BCUT2D eigenvalue weighted by molar-refractivity contribution is 0.0593. The first-order chi connectivity index (χ1) is 8.13. The number of rotatable bonds is 2. The molecular weight excluding hydrogens is 244 g/mol. The summed E-state index contributed by atoms with van der Waals surface area (Å²) in [4.78, 5) is 22.9. The standard InChI is InChI=1S/C11H9ClN2O3/c1-17-11(16)8-6-10(15)14(13-8)9-5-3-2-4-7(9)12/h2-6,13H,1H3. The first-order valence-corrected chi connectivity index (χ1v) is 5.16. The Kier molecular flexibility index (Phi) is 3.01. The van der Waals surface area contributed by atoms with Crippen LogP contribution in [0.5, 0.6) is 0 Å². The van der Waals surface area contributed by atoms with Crippen LogP contribution < -0.4 is 5.56 Å². The number of hydrogen-bond acceptors (Lipinski definition) is 3. The molecule has 0 bridgehead atoms. The summed E-state index contributed by atoms with van der Waals surface area (Å²) in [5, 5.41) is 3.04. The first kappa shape index (κ1) is 11.5. The second kappa shape index (κ2) is 4.47. The lowest BCUT2D eigenvalue weighted by atomic mass is 10.3. The van der Waals surface area contributed by atoms with Crippen molar-refractivity contribution in [2.75, 3.05) is 7.11 Å². The topological polar surface area (TPSA) is 64.1 Å². The molecule has 0 aliphatic heterocycles. The number of halogens is 1. The average Bonchev–Trinajstić information content (AvgIpc) is 2.71. The zero-order valence-corrected chi connectivity index (χ0v) is 9.69. The minimum Gasteiger partial charge on any atom is -0.464 e. The summed E-state index contributed by atoms with van der Waals surface area (Å²) in [6, 6.07) is 7.98. The molecule has 1 aromatic heterocycles. The van der Waals surface area contributed by atoms with E-state index in [4.69, 9.17) is 11.6 Å². The van der Waals surface area contributed by atoms with Crippen LogP contribution in [-0.4, -0.2) is 22.9 Å². The van der Waals surface area contributed by atoms with Gasteiger partial charge in [-0.15, -0.1) is 0 Å². The van der Waals surface area contributed by atoms with Gasteiger partial charge >= 0.3 is 5.97 Å². The van der Waals surface area contributed by atoms with Crippen LogP contribution in [0.3, 0.4) is 0 Å². The molecule has 0 fully saturated rings. The zero-order chi connectivity index (χ0) is 12.4. The van der Waals surface area contributed by atoms with Gasteiger partial charge in [-0.2, -0.15) is 0 Å². The Balaban J connectivity index is 2.54. The van der Waals surface area contributed by atoms with Gasteiger partial charge in [0.2, 0.25) is 0 Å². The number of nitrogens with one attached hydrogen (secondary N) is 1. The number of methoxy groups -OCH3 is 1. The maximum absolute atomic E-state index is 11.7. The minimum absolute atomic E-state index is 0.0809. The van der Waals surface area contributed by atoms with Crippen molar-refractivity contribution < 1.29 is 9.53 Å². The van der Waals surface area contributed by atoms with E-state index in [1.807, 2.05) is 0 Å². The molecule has 0 unspecified atom stereocenters. The number of aromatic nitrogens is 2. The molecule has 0 aliphatic carbocycles. The third-order valence-electron chi connectivity index (χ3n) is 2.22. The van der Waals surface area contributed by atoms with Gasteiger partial charge in [0, 0.05) is 6.07 Å². The Morgan fingerprint density at radius 1 is 1.41 bits per heavy atom.